The highest BCUT2D eigenvalue weighted by molar-refractivity contribution is 7.82. The molecule has 2 N–H and O–H groups in total. The van der Waals surface area contributed by atoms with Crippen LogP contribution in [0.1, 0.15) is 0 Å². The molecule has 1 rings (SSSR count). The maximum absolute atomic E-state index is 10.1. The zero-order chi connectivity index (χ0) is 5.28. The van der Waals surface area contributed by atoms with Gasteiger partial charge >= 0.3 is 0 Å². The van der Waals surface area contributed by atoms with Crippen LogP contribution in [0.15, 0.2) is 0 Å². The van der Waals surface area contributed by atoms with E-state index in [-0.39, 0.29) is 6.10 Å². The lowest BCUT2D eigenvalue weighted by molar-refractivity contribution is 0.425. The maximum Gasteiger partial charge on any atom is 0.0937 e. The molecule has 0 radical (unpaired) electrons. The molecule has 0 bridgehead atoms. The molecule has 0 aromatic carbocycles. The van der Waals surface area contributed by atoms with E-state index in [1.54, 1.807) is 0 Å². The SMILES string of the molecule is NS(=O)CC1CO1. The molecule has 1 heterocycles. The summed E-state index contributed by atoms with van der Waals surface area (Å²) in [6.07, 6.45) is 0.200. The molecule has 0 spiro atoms. The first-order valence-electron chi connectivity index (χ1n) is 2.03. The molecule has 1 saturated heterocycles. The Bertz CT molecular complexity index is 90.9. The Morgan fingerprint density at radius 3 is 2.71 bits per heavy atom. The van der Waals surface area contributed by atoms with Crippen LogP contribution in [0.4, 0.5) is 0 Å². The van der Waals surface area contributed by atoms with Crippen LogP contribution < -0.4 is 5.14 Å². The van der Waals surface area contributed by atoms with E-state index in [0.717, 1.165) is 6.61 Å². The molecule has 3 nitrogen and oxygen atoms in total. The summed E-state index contributed by atoms with van der Waals surface area (Å²) < 4.78 is 14.8. The van der Waals surface area contributed by atoms with Gasteiger partial charge in [0, 0.05) is 0 Å². The topological polar surface area (TPSA) is 55.6 Å². The summed E-state index contributed by atoms with van der Waals surface area (Å²) in [5.41, 5.74) is 0. The third-order valence-electron chi connectivity index (χ3n) is 0.753. The molecule has 0 saturated carbocycles. The smallest absolute Gasteiger partial charge is 0.0937 e. The molecule has 4 heteroatoms. The standard InChI is InChI=1S/C3H7NO2S/c4-7(5)2-3-1-6-3/h3H,1-2,4H2. The lowest BCUT2D eigenvalue weighted by Gasteiger charge is -1.83. The van der Waals surface area contributed by atoms with Crippen molar-refractivity contribution in [1.29, 1.82) is 0 Å². The van der Waals surface area contributed by atoms with Crippen molar-refractivity contribution in [2.45, 2.75) is 6.10 Å². The van der Waals surface area contributed by atoms with Crippen LogP contribution >= 0.6 is 0 Å². The zero-order valence-electron chi connectivity index (χ0n) is 3.79. The second-order valence-corrected chi connectivity index (χ2v) is 2.60. The van der Waals surface area contributed by atoms with Crippen molar-refractivity contribution in [3.63, 3.8) is 0 Å². The monoisotopic (exact) mass is 121 g/mol. The lowest BCUT2D eigenvalue weighted by atomic mass is 10.6. The van der Waals surface area contributed by atoms with Gasteiger partial charge in [0.15, 0.2) is 0 Å². The Labute approximate surface area is 44.4 Å². The largest absolute Gasteiger partial charge is 0.372 e. The summed E-state index contributed by atoms with van der Waals surface area (Å²) in [4.78, 5) is 0. The fourth-order valence-corrected chi connectivity index (χ4v) is 0.906. The highest BCUT2D eigenvalue weighted by Crippen LogP contribution is 2.07. The van der Waals surface area contributed by atoms with Crippen molar-refractivity contribution < 1.29 is 8.95 Å². The van der Waals surface area contributed by atoms with E-state index in [1.807, 2.05) is 0 Å². The van der Waals surface area contributed by atoms with Gasteiger partial charge in [-0.15, -0.1) is 0 Å². The number of ether oxygens (including phenoxy) is 1. The molecule has 0 aromatic heterocycles. The predicted molar refractivity (Wildman–Crippen MR) is 26.9 cm³/mol. The third kappa shape index (κ3) is 2.01. The van der Waals surface area contributed by atoms with Gasteiger partial charge in [0.05, 0.1) is 29.4 Å². The number of hydrogen-bond acceptors (Lipinski definition) is 2. The average molecular weight is 121 g/mol. The molecule has 42 valence electrons. The van der Waals surface area contributed by atoms with Crippen LogP contribution in [-0.4, -0.2) is 22.7 Å². The second-order valence-electron chi connectivity index (χ2n) is 1.50. The van der Waals surface area contributed by atoms with E-state index < -0.39 is 11.0 Å². The van der Waals surface area contributed by atoms with E-state index in [2.05, 4.69) is 0 Å². The van der Waals surface area contributed by atoms with Gasteiger partial charge in [-0.2, -0.15) is 0 Å². The molecular weight excluding hydrogens is 114 g/mol. The molecule has 1 aliphatic rings. The summed E-state index contributed by atoms with van der Waals surface area (Å²) in [5.74, 6) is 0.500. The van der Waals surface area contributed by atoms with Crippen molar-refractivity contribution in [3.05, 3.63) is 0 Å². The van der Waals surface area contributed by atoms with Gasteiger partial charge in [0.25, 0.3) is 0 Å². The van der Waals surface area contributed by atoms with Crippen LogP contribution in [0.5, 0.6) is 0 Å². The van der Waals surface area contributed by atoms with Crippen LogP contribution in [0.3, 0.4) is 0 Å². The Balaban J connectivity index is 2.08. The zero-order valence-corrected chi connectivity index (χ0v) is 4.61. The van der Waals surface area contributed by atoms with E-state index in [4.69, 9.17) is 9.88 Å². The minimum Gasteiger partial charge on any atom is -0.372 e. The molecule has 1 aliphatic heterocycles. The first-order valence-corrected chi connectivity index (χ1v) is 3.41. The van der Waals surface area contributed by atoms with Gasteiger partial charge in [-0.25, -0.2) is 4.21 Å². The molecule has 7 heavy (non-hydrogen) atoms. The van der Waals surface area contributed by atoms with Crippen LogP contribution in [0, 0.1) is 0 Å². The van der Waals surface area contributed by atoms with E-state index in [0.29, 0.717) is 5.75 Å². The van der Waals surface area contributed by atoms with Gasteiger partial charge in [0.1, 0.15) is 0 Å². The summed E-state index contributed by atoms with van der Waals surface area (Å²) in [7, 11) is -1.16. The van der Waals surface area contributed by atoms with Crippen LogP contribution in [0.2, 0.25) is 0 Å². The quantitative estimate of drug-likeness (QED) is 0.477. The third-order valence-corrected chi connectivity index (χ3v) is 1.45. The van der Waals surface area contributed by atoms with Crippen molar-refractivity contribution in [3.8, 4) is 0 Å². The second kappa shape index (κ2) is 1.90. The summed E-state index contributed by atoms with van der Waals surface area (Å²) in [6, 6.07) is 0. The molecule has 0 amide bonds. The maximum atomic E-state index is 10.1. The van der Waals surface area contributed by atoms with Crippen LogP contribution in [-0.2, 0) is 15.7 Å². The molecule has 2 unspecified atom stereocenters. The summed E-state index contributed by atoms with van der Waals surface area (Å²) in [5, 5.41) is 4.93. The molecule has 0 aromatic rings. The number of epoxide rings is 1. The highest BCUT2D eigenvalue weighted by Gasteiger charge is 2.23. The normalized spacial score (nSPS) is 32.4. The van der Waals surface area contributed by atoms with Gasteiger partial charge in [-0.05, 0) is 0 Å². The Hall–Kier alpha value is 0.0700. The minimum atomic E-state index is -1.16. The Morgan fingerprint density at radius 1 is 2.00 bits per heavy atom. The first-order chi connectivity index (χ1) is 3.29. The lowest BCUT2D eigenvalue weighted by Crippen LogP contribution is -2.11. The fourth-order valence-electron chi connectivity index (χ4n) is 0.347. The minimum absolute atomic E-state index is 0.200. The summed E-state index contributed by atoms with van der Waals surface area (Å²) in [6.45, 7) is 0.739. The molecule has 1 fully saturated rings. The number of hydrogen-bond donors (Lipinski definition) is 1. The van der Waals surface area contributed by atoms with Gasteiger partial charge < -0.3 is 4.74 Å². The molecule has 0 aliphatic carbocycles. The van der Waals surface area contributed by atoms with Crippen LogP contribution in [0.25, 0.3) is 0 Å². The molecule has 2 atom stereocenters. The fraction of sp³-hybridized carbons (Fsp3) is 1.00. The number of rotatable bonds is 2. The van der Waals surface area contributed by atoms with Crippen molar-refractivity contribution in [2.75, 3.05) is 12.4 Å². The van der Waals surface area contributed by atoms with Gasteiger partial charge in [0.2, 0.25) is 0 Å². The Kier molecular flexibility index (Phi) is 1.41. The number of nitrogens with two attached hydrogens (primary N) is 1. The van der Waals surface area contributed by atoms with Gasteiger partial charge in [-0.3, -0.25) is 5.14 Å². The average Bonchev–Trinajstić information content (AvgIpc) is 2.17. The van der Waals surface area contributed by atoms with E-state index in [9.17, 15) is 4.21 Å². The highest BCUT2D eigenvalue weighted by atomic mass is 32.2. The first kappa shape index (κ1) is 5.21. The predicted octanol–water partition coefficient (Wildman–Crippen LogP) is -0.992. The molecular formula is C3H7NO2S. The van der Waals surface area contributed by atoms with Crippen molar-refractivity contribution in [1.82, 2.24) is 0 Å². The van der Waals surface area contributed by atoms with E-state index >= 15 is 0 Å². The Morgan fingerprint density at radius 2 is 2.57 bits per heavy atom. The van der Waals surface area contributed by atoms with Crippen molar-refractivity contribution >= 4 is 11.0 Å². The summed E-state index contributed by atoms with van der Waals surface area (Å²) >= 11 is 0. The van der Waals surface area contributed by atoms with E-state index in [1.165, 1.54) is 0 Å². The van der Waals surface area contributed by atoms with Gasteiger partial charge in [-0.1, -0.05) is 0 Å². The van der Waals surface area contributed by atoms with Crippen molar-refractivity contribution in [2.24, 2.45) is 5.14 Å².